The van der Waals surface area contributed by atoms with Crippen molar-refractivity contribution in [1.82, 2.24) is 0 Å². The molecule has 0 amide bonds. The summed E-state index contributed by atoms with van der Waals surface area (Å²) in [5.41, 5.74) is 3.01. The van der Waals surface area contributed by atoms with Crippen molar-refractivity contribution in [1.29, 1.82) is 0 Å². The molecule has 0 bridgehead atoms. The minimum atomic E-state index is -1.40. The van der Waals surface area contributed by atoms with Crippen LogP contribution in [0.5, 0.6) is 0 Å². The van der Waals surface area contributed by atoms with Gasteiger partial charge in [0.2, 0.25) is 0 Å². The van der Waals surface area contributed by atoms with Gasteiger partial charge in [-0.2, -0.15) is 0 Å². The average molecular weight is 361 g/mol. The van der Waals surface area contributed by atoms with Crippen molar-refractivity contribution >= 4 is 17.5 Å². The molecule has 0 spiro atoms. The Morgan fingerprint density at radius 2 is 2.04 bits per heavy atom. The van der Waals surface area contributed by atoms with E-state index < -0.39 is 37.3 Å². The standard InChI is InChI=1S/C19H23NO6/c1-2-3-11-6-10-4-5-13(7-12(10)8-14(11)22)20-16-18(24)17(23)15(9-21)26-19(16)25/h2-7,15-21,23-25H,8-9H2,1H3/b3-2+/t15?,16?,17-,18-,19-/m0/s1. The van der Waals surface area contributed by atoms with E-state index in [1.54, 1.807) is 18.2 Å². The summed E-state index contributed by atoms with van der Waals surface area (Å²) in [6.07, 6.45) is 0.598. The Morgan fingerprint density at radius 1 is 1.27 bits per heavy atom. The number of nitrogens with one attached hydrogen (secondary N) is 1. The van der Waals surface area contributed by atoms with Crippen molar-refractivity contribution < 1.29 is 30.0 Å². The zero-order valence-electron chi connectivity index (χ0n) is 14.4. The van der Waals surface area contributed by atoms with Gasteiger partial charge in [0.1, 0.15) is 24.4 Å². The molecule has 3 rings (SSSR count). The topological polar surface area (TPSA) is 119 Å². The summed E-state index contributed by atoms with van der Waals surface area (Å²) in [5.74, 6) is 0.0232. The molecule has 5 N–H and O–H groups in total. The van der Waals surface area contributed by atoms with Crippen molar-refractivity contribution in [3.63, 3.8) is 0 Å². The quantitative estimate of drug-likeness (QED) is 0.511. The maximum Gasteiger partial charge on any atom is 0.178 e. The Morgan fingerprint density at radius 3 is 2.73 bits per heavy atom. The van der Waals surface area contributed by atoms with E-state index >= 15 is 0 Å². The fraction of sp³-hybridized carbons (Fsp3) is 0.421. The molecule has 26 heavy (non-hydrogen) atoms. The second-order valence-electron chi connectivity index (χ2n) is 6.51. The Bertz CT molecular complexity index is 744. The highest BCUT2D eigenvalue weighted by atomic mass is 16.6. The molecule has 1 saturated heterocycles. The number of anilines is 1. The van der Waals surface area contributed by atoms with Crippen molar-refractivity contribution in [3.05, 3.63) is 47.1 Å². The normalized spacial score (nSPS) is 31.7. The van der Waals surface area contributed by atoms with Gasteiger partial charge >= 0.3 is 0 Å². The molecule has 2 unspecified atom stereocenters. The van der Waals surface area contributed by atoms with Crippen molar-refractivity contribution in [2.75, 3.05) is 11.9 Å². The Hall–Kier alpha value is -2.03. The number of hydrogen-bond donors (Lipinski definition) is 5. The number of fused-ring (bicyclic) bond motifs is 1. The molecule has 1 heterocycles. The Balaban J connectivity index is 1.80. The first kappa shape index (κ1) is 18.8. The summed E-state index contributed by atoms with van der Waals surface area (Å²) in [6.45, 7) is 1.35. The summed E-state index contributed by atoms with van der Waals surface area (Å²) >= 11 is 0. The van der Waals surface area contributed by atoms with E-state index in [0.717, 1.165) is 11.1 Å². The van der Waals surface area contributed by atoms with E-state index in [1.165, 1.54) is 0 Å². The highest BCUT2D eigenvalue weighted by molar-refractivity contribution is 6.06. The molecular weight excluding hydrogens is 338 g/mol. The third-order valence-electron chi connectivity index (χ3n) is 4.71. The molecule has 1 aliphatic heterocycles. The van der Waals surface area contributed by atoms with Gasteiger partial charge in [-0.1, -0.05) is 18.2 Å². The Kier molecular flexibility index (Phi) is 5.55. The predicted molar refractivity (Wildman–Crippen MR) is 95.3 cm³/mol. The lowest BCUT2D eigenvalue weighted by atomic mass is 9.90. The molecule has 0 radical (unpaired) electrons. The number of hydrogen-bond acceptors (Lipinski definition) is 7. The first-order valence-electron chi connectivity index (χ1n) is 8.52. The molecule has 7 nitrogen and oxygen atoms in total. The molecule has 0 saturated carbocycles. The van der Waals surface area contributed by atoms with Gasteiger partial charge in [-0.25, -0.2) is 0 Å². The summed E-state index contributed by atoms with van der Waals surface area (Å²) in [5, 5.41) is 42.3. The van der Waals surface area contributed by atoms with Gasteiger partial charge < -0.3 is 30.5 Å². The monoisotopic (exact) mass is 361 g/mol. The van der Waals surface area contributed by atoms with E-state index in [0.29, 0.717) is 11.3 Å². The molecule has 1 fully saturated rings. The molecule has 1 aromatic carbocycles. The SMILES string of the molecule is C/C=C/C1=Cc2ccc(NC3[C@@H](O)OC(CO)[C@H](O)[C@H]3O)cc2CC1=O. The van der Waals surface area contributed by atoms with Crippen LogP contribution < -0.4 is 5.32 Å². The van der Waals surface area contributed by atoms with Crippen LogP contribution in [0.1, 0.15) is 18.1 Å². The molecule has 1 aromatic rings. The maximum atomic E-state index is 12.2. The number of aliphatic hydroxyl groups is 4. The lowest BCUT2D eigenvalue weighted by Crippen LogP contribution is -2.61. The first-order chi connectivity index (χ1) is 12.4. The van der Waals surface area contributed by atoms with Crippen molar-refractivity contribution in [3.8, 4) is 0 Å². The van der Waals surface area contributed by atoms with Crippen LogP contribution in [0.25, 0.3) is 6.08 Å². The number of ketones is 1. The van der Waals surface area contributed by atoms with E-state index in [9.17, 15) is 20.1 Å². The summed E-state index contributed by atoms with van der Waals surface area (Å²) in [4.78, 5) is 12.2. The molecule has 7 heteroatoms. The third kappa shape index (κ3) is 3.58. The van der Waals surface area contributed by atoms with Gasteiger partial charge in [-0.05, 0) is 36.3 Å². The molecule has 5 atom stereocenters. The third-order valence-corrected chi connectivity index (χ3v) is 4.71. The molecular formula is C19H23NO6. The summed E-state index contributed by atoms with van der Waals surface area (Å²) in [6, 6.07) is 4.42. The molecule has 0 aromatic heterocycles. The minimum absolute atomic E-state index is 0.0232. The van der Waals surface area contributed by atoms with Gasteiger partial charge in [0.05, 0.1) is 6.61 Å². The summed E-state index contributed by atoms with van der Waals surface area (Å²) in [7, 11) is 0. The number of Topliss-reactive ketones (excluding diaryl/α,β-unsaturated/α-hetero) is 1. The number of aliphatic hydroxyl groups excluding tert-OH is 4. The second-order valence-corrected chi connectivity index (χ2v) is 6.51. The van der Waals surface area contributed by atoms with Crippen LogP contribution in [-0.4, -0.2) is 63.5 Å². The zero-order chi connectivity index (χ0) is 18.8. The second kappa shape index (κ2) is 7.69. The number of allylic oxidation sites excluding steroid dienone is 3. The van der Waals surface area contributed by atoms with Gasteiger partial charge in [0.15, 0.2) is 12.1 Å². The van der Waals surface area contributed by atoms with Crippen LogP contribution in [0.3, 0.4) is 0 Å². The molecule has 2 aliphatic rings. The number of rotatable bonds is 4. The number of carbonyl (C=O) groups is 1. The average Bonchev–Trinajstić information content (AvgIpc) is 2.62. The minimum Gasteiger partial charge on any atom is -0.394 e. The van der Waals surface area contributed by atoms with Crippen LogP contribution >= 0.6 is 0 Å². The number of carbonyl (C=O) groups excluding carboxylic acids is 1. The van der Waals surface area contributed by atoms with Gasteiger partial charge in [-0.15, -0.1) is 0 Å². The molecule has 1 aliphatic carbocycles. The Labute approximate surface area is 151 Å². The van der Waals surface area contributed by atoms with Crippen LogP contribution in [0.4, 0.5) is 5.69 Å². The smallest absolute Gasteiger partial charge is 0.178 e. The zero-order valence-corrected chi connectivity index (χ0v) is 14.4. The lowest BCUT2D eigenvalue weighted by molar-refractivity contribution is -0.245. The van der Waals surface area contributed by atoms with Crippen LogP contribution in [-0.2, 0) is 16.0 Å². The maximum absolute atomic E-state index is 12.2. The van der Waals surface area contributed by atoms with E-state index in [4.69, 9.17) is 9.84 Å². The fourth-order valence-electron chi connectivity index (χ4n) is 3.28. The number of benzene rings is 1. The van der Waals surface area contributed by atoms with Gasteiger partial charge in [-0.3, -0.25) is 4.79 Å². The van der Waals surface area contributed by atoms with Crippen LogP contribution in [0.15, 0.2) is 35.9 Å². The largest absolute Gasteiger partial charge is 0.394 e. The van der Waals surface area contributed by atoms with E-state index in [-0.39, 0.29) is 12.2 Å². The van der Waals surface area contributed by atoms with Crippen LogP contribution in [0.2, 0.25) is 0 Å². The highest BCUT2D eigenvalue weighted by Gasteiger charge is 2.43. The first-order valence-corrected chi connectivity index (χ1v) is 8.52. The van der Waals surface area contributed by atoms with Gasteiger partial charge in [0.25, 0.3) is 0 Å². The van der Waals surface area contributed by atoms with Crippen molar-refractivity contribution in [2.45, 2.75) is 44.0 Å². The lowest BCUT2D eigenvalue weighted by Gasteiger charge is -2.40. The number of ether oxygens (including phenoxy) is 1. The van der Waals surface area contributed by atoms with E-state index in [2.05, 4.69) is 5.32 Å². The van der Waals surface area contributed by atoms with Gasteiger partial charge in [0, 0.05) is 17.7 Å². The highest BCUT2D eigenvalue weighted by Crippen LogP contribution is 2.28. The van der Waals surface area contributed by atoms with Crippen molar-refractivity contribution in [2.24, 2.45) is 0 Å². The van der Waals surface area contributed by atoms with E-state index in [1.807, 2.05) is 25.1 Å². The fourth-order valence-corrected chi connectivity index (χ4v) is 3.28. The molecule has 140 valence electrons. The summed E-state index contributed by atoms with van der Waals surface area (Å²) < 4.78 is 5.14. The van der Waals surface area contributed by atoms with Crippen LogP contribution in [0, 0.1) is 0 Å². The predicted octanol–water partition coefficient (Wildman–Crippen LogP) is -0.0169.